The number of hydrogen-bond donors (Lipinski definition) is 0. The molecule has 74 valence electrons. The van der Waals surface area contributed by atoms with Crippen molar-refractivity contribution in [2.45, 2.75) is 13.3 Å². The number of allylic oxidation sites excluding steroid dienone is 3. The molecule has 1 rings (SSSR count). The van der Waals surface area contributed by atoms with Gasteiger partial charge in [0.2, 0.25) is 0 Å². The molecule has 4 heteroatoms. The van der Waals surface area contributed by atoms with E-state index in [0.717, 1.165) is 5.57 Å². The molecule has 0 fully saturated rings. The Morgan fingerprint density at radius 1 is 1.64 bits per heavy atom. The summed E-state index contributed by atoms with van der Waals surface area (Å²) in [5, 5.41) is 10.5. The fraction of sp³-hybridized carbons (Fsp3) is 0.300. The lowest BCUT2D eigenvalue weighted by Crippen LogP contribution is -1.96. The molecule has 1 aliphatic carbocycles. The van der Waals surface area contributed by atoms with Crippen molar-refractivity contribution in [2.75, 3.05) is 7.11 Å². The summed E-state index contributed by atoms with van der Waals surface area (Å²) in [5.41, 5.74) is 3.55. The molecule has 0 aromatic rings. The molecule has 0 aromatic carbocycles. The van der Waals surface area contributed by atoms with Gasteiger partial charge in [0.15, 0.2) is 0 Å². The second kappa shape index (κ2) is 4.44. The number of rotatable bonds is 2. The van der Waals surface area contributed by atoms with Crippen LogP contribution in [-0.4, -0.2) is 12.0 Å². The van der Waals surface area contributed by atoms with E-state index in [9.17, 15) is 10.1 Å². The molecule has 0 aliphatic heterocycles. The Labute approximate surface area is 82.0 Å². The topological polar surface area (TPSA) is 52.4 Å². The summed E-state index contributed by atoms with van der Waals surface area (Å²) in [6, 6.07) is 0. The first-order valence-electron chi connectivity index (χ1n) is 4.16. The van der Waals surface area contributed by atoms with Crippen LogP contribution in [0.15, 0.2) is 41.0 Å². The van der Waals surface area contributed by atoms with Gasteiger partial charge < -0.3 is 4.74 Å². The van der Waals surface area contributed by atoms with Crippen LogP contribution in [0.4, 0.5) is 0 Å². The summed E-state index contributed by atoms with van der Waals surface area (Å²) in [5.74, 6) is 0.633. The third-order valence-electron chi connectivity index (χ3n) is 1.89. The minimum atomic E-state index is -0.471. The Bertz CT molecular complexity index is 371. The van der Waals surface area contributed by atoms with Gasteiger partial charge in [0.25, 0.3) is 0 Å². The molecule has 0 aromatic heterocycles. The van der Waals surface area contributed by atoms with Gasteiger partial charge in [-0.25, -0.2) is 0 Å². The van der Waals surface area contributed by atoms with Crippen LogP contribution in [0, 0.1) is 10.1 Å². The van der Waals surface area contributed by atoms with Gasteiger partial charge in [0.05, 0.1) is 12.0 Å². The van der Waals surface area contributed by atoms with Crippen LogP contribution in [0.2, 0.25) is 0 Å². The monoisotopic (exact) mass is 193 g/mol. The Balaban J connectivity index is 3.15. The number of nitro groups is 1. The molecule has 0 saturated heterocycles. The van der Waals surface area contributed by atoms with E-state index in [2.05, 4.69) is 5.73 Å². The lowest BCUT2D eigenvalue weighted by Gasteiger charge is -2.04. The predicted molar refractivity (Wildman–Crippen MR) is 52.1 cm³/mol. The minimum absolute atomic E-state index is 0.0490. The minimum Gasteiger partial charge on any atom is -0.496 e. The highest BCUT2D eigenvalue weighted by Crippen LogP contribution is 2.14. The number of methoxy groups -OCH3 is 1. The van der Waals surface area contributed by atoms with Crippen molar-refractivity contribution in [3.63, 3.8) is 0 Å². The normalized spacial score (nSPS) is 23.4. The SMILES string of the molecule is CO/C1=C(\C)C/C=C\C([N+](=O)[O-])=C=C1. The molecule has 1 aliphatic rings. The quantitative estimate of drug-likeness (QED) is 0.383. The van der Waals surface area contributed by atoms with Crippen LogP contribution >= 0.6 is 0 Å². The highest BCUT2D eigenvalue weighted by atomic mass is 16.6. The van der Waals surface area contributed by atoms with E-state index in [1.807, 2.05) is 6.92 Å². The maximum absolute atomic E-state index is 10.5. The Morgan fingerprint density at radius 3 is 2.93 bits per heavy atom. The number of ether oxygens (including phenoxy) is 1. The molecule has 0 atom stereocenters. The van der Waals surface area contributed by atoms with Crippen molar-refractivity contribution in [3.05, 3.63) is 51.1 Å². The molecule has 14 heavy (non-hydrogen) atoms. The van der Waals surface area contributed by atoms with E-state index < -0.39 is 4.92 Å². The molecule has 0 saturated carbocycles. The maximum Gasteiger partial charge on any atom is 0.311 e. The van der Waals surface area contributed by atoms with Crippen LogP contribution in [-0.2, 0) is 4.74 Å². The van der Waals surface area contributed by atoms with Gasteiger partial charge in [0, 0.05) is 12.2 Å². The summed E-state index contributed by atoms with van der Waals surface area (Å²) in [4.78, 5) is 10.0. The van der Waals surface area contributed by atoms with Gasteiger partial charge in [-0.05, 0) is 24.6 Å². The highest BCUT2D eigenvalue weighted by molar-refractivity contribution is 5.26. The number of nitrogens with zero attached hydrogens (tertiary/aromatic N) is 1. The van der Waals surface area contributed by atoms with Crippen LogP contribution < -0.4 is 0 Å². The summed E-state index contributed by atoms with van der Waals surface area (Å²) in [7, 11) is 1.54. The fourth-order valence-corrected chi connectivity index (χ4v) is 1.11. The molecular weight excluding hydrogens is 182 g/mol. The summed E-state index contributed by atoms with van der Waals surface area (Å²) in [6.45, 7) is 1.92. The van der Waals surface area contributed by atoms with Gasteiger partial charge in [-0.3, -0.25) is 10.1 Å². The zero-order chi connectivity index (χ0) is 10.6. The Hall–Kier alpha value is -1.80. The van der Waals surface area contributed by atoms with Crippen molar-refractivity contribution < 1.29 is 9.66 Å². The molecule has 0 radical (unpaired) electrons. The van der Waals surface area contributed by atoms with Crippen LogP contribution in [0.1, 0.15) is 13.3 Å². The van der Waals surface area contributed by atoms with Gasteiger partial charge in [-0.15, -0.1) is 0 Å². The predicted octanol–water partition coefficient (Wildman–Crippen LogP) is 2.18. The van der Waals surface area contributed by atoms with E-state index in [-0.39, 0.29) is 5.70 Å². The van der Waals surface area contributed by atoms with Crippen molar-refractivity contribution in [2.24, 2.45) is 0 Å². The highest BCUT2D eigenvalue weighted by Gasteiger charge is 2.07. The molecule has 0 amide bonds. The summed E-state index contributed by atoms with van der Waals surface area (Å²) < 4.78 is 5.06. The van der Waals surface area contributed by atoms with Gasteiger partial charge in [-0.1, -0.05) is 6.08 Å². The van der Waals surface area contributed by atoms with Crippen molar-refractivity contribution in [3.8, 4) is 0 Å². The first kappa shape index (κ1) is 10.3. The second-order valence-corrected chi connectivity index (χ2v) is 2.89. The third-order valence-corrected chi connectivity index (χ3v) is 1.89. The van der Waals surface area contributed by atoms with Crippen molar-refractivity contribution in [1.82, 2.24) is 0 Å². The van der Waals surface area contributed by atoms with Gasteiger partial charge in [0.1, 0.15) is 5.76 Å². The van der Waals surface area contributed by atoms with Gasteiger partial charge >= 0.3 is 5.70 Å². The standard InChI is InChI=1S/C10H11NO3/c1-8-4-3-5-9(11(12)13)6-7-10(8)14-2/h3,5,7H,4H2,1-2H3/b5-3-,10-8+. The van der Waals surface area contributed by atoms with E-state index in [4.69, 9.17) is 4.74 Å². The molecule has 0 bridgehead atoms. The molecule has 0 unspecified atom stereocenters. The molecule has 4 nitrogen and oxygen atoms in total. The van der Waals surface area contributed by atoms with Gasteiger partial charge in [-0.2, -0.15) is 0 Å². The maximum atomic E-state index is 10.5. The zero-order valence-electron chi connectivity index (χ0n) is 8.11. The first-order valence-corrected chi connectivity index (χ1v) is 4.16. The van der Waals surface area contributed by atoms with Crippen molar-refractivity contribution >= 4 is 0 Å². The Morgan fingerprint density at radius 2 is 2.36 bits per heavy atom. The van der Waals surface area contributed by atoms with E-state index in [1.54, 1.807) is 6.08 Å². The zero-order valence-corrected chi connectivity index (χ0v) is 8.11. The first-order chi connectivity index (χ1) is 6.65. The average Bonchev–Trinajstić information content (AvgIpc) is 2.11. The largest absolute Gasteiger partial charge is 0.496 e. The van der Waals surface area contributed by atoms with E-state index in [1.165, 1.54) is 19.3 Å². The molecule has 0 spiro atoms. The lowest BCUT2D eigenvalue weighted by atomic mass is 10.1. The lowest BCUT2D eigenvalue weighted by molar-refractivity contribution is -0.418. The summed E-state index contributed by atoms with van der Waals surface area (Å²) in [6.07, 6.45) is 5.33. The fourth-order valence-electron chi connectivity index (χ4n) is 1.11. The van der Waals surface area contributed by atoms with E-state index >= 15 is 0 Å². The van der Waals surface area contributed by atoms with Crippen molar-refractivity contribution in [1.29, 1.82) is 0 Å². The smallest absolute Gasteiger partial charge is 0.311 e. The van der Waals surface area contributed by atoms with Crippen LogP contribution in [0.5, 0.6) is 0 Å². The van der Waals surface area contributed by atoms with E-state index in [0.29, 0.717) is 12.2 Å². The molecular formula is C10H11NO3. The Kier molecular flexibility index (Phi) is 3.26. The molecule has 0 N–H and O–H groups in total. The summed E-state index contributed by atoms with van der Waals surface area (Å²) >= 11 is 0. The van der Waals surface area contributed by atoms with Crippen LogP contribution in [0.25, 0.3) is 0 Å². The second-order valence-electron chi connectivity index (χ2n) is 2.89. The van der Waals surface area contributed by atoms with Crippen LogP contribution in [0.3, 0.4) is 0 Å². The number of hydrogen-bond acceptors (Lipinski definition) is 3. The average molecular weight is 193 g/mol. The third kappa shape index (κ3) is 2.34. The molecule has 0 heterocycles.